The highest BCUT2D eigenvalue weighted by atomic mass is 16.3. The lowest BCUT2D eigenvalue weighted by atomic mass is 10.1. The van der Waals surface area contributed by atoms with Crippen LogP contribution in [0.3, 0.4) is 0 Å². The number of aliphatic hydroxyl groups is 2. The standard InChI is InChI=1S/C7H16N2O2/c1-9(4-7(11)5-10)6-2-8-3-6/h6-8,10-11H,2-5H2,1H3. The Morgan fingerprint density at radius 2 is 2.27 bits per heavy atom. The summed E-state index contributed by atoms with van der Waals surface area (Å²) in [6.07, 6.45) is -0.597. The Morgan fingerprint density at radius 1 is 1.64 bits per heavy atom. The van der Waals surface area contributed by atoms with Crippen molar-refractivity contribution in [3.05, 3.63) is 0 Å². The Kier molecular flexibility index (Phi) is 3.26. The Bertz CT molecular complexity index is 117. The van der Waals surface area contributed by atoms with Gasteiger partial charge in [-0.05, 0) is 7.05 Å². The third kappa shape index (κ3) is 2.41. The van der Waals surface area contributed by atoms with Crippen molar-refractivity contribution in [1.82, 2.24) is 10.2 Å². The number of aliphatic hydroxyl groups excluding tert-OH is 2. The van der Waals surface area contributed by atoms with Crippen molar-refractivity contribution in [1.29, 1.82) is 0 Å². The van der Waals surface area contributed by atoms with E-state index in [2.05, 4.69) is 10.2 Å². The SMILES string of the molecule is CN(CC(O)CO)C1CNC1. The minimum absolute atomic E-state index is 0.148. The maximum atomic E-state index is 9.08. The first-order valence-electron chi connectivity index (χ1n) is 3.94. The van der Waals surface area contributed by atoms with Gasteiger partial charge in [-0.2, -0.15) is 0 Å². The highest BCUT2D eigenvalue weighted by Gasteiger charge is 2.22. The second kappa shape index (κ2) is 4.01. The van der Waals surface area contributed by atoms with Gasteiger partial charge in [0.1, 0.15) is 0 Å². The molecule has 1 saturated heterocycles. The van der Waals surface area contributed by atoms with Gasteiger partial charge in [0.2, 0.25) is 0 Å². The zero-order valence-electron chi connectivity index (χ0n) is 6.82. The molecule has 1 rings (SSSR count). The molecular weight excluding hydrogens is 144 g/mol. The van der Waals surface area contributed by atoms with Crippen molar-refractivity contribution in [2.24, 2.45) is 0 Å². The van der Waals surface area contributed by atoms with Gasteiger partial charge in [0.05, 0.1) is 12.7 Å². The van der Waals surface area contributed by atoms with E-state index in [1.165, 1.54) is 0 Å². The Morgan fingerprint density at radius 3 is 2.64 bits per heavy atom. The quantitative estimate of drug-likeness (QED) is 0.456. The summed E-state index contributed by atoms with van der Waals surface area (Å²) in [6, 6.07) is 0.538. The smallest absolute Gasteiger partial charge is 0.0897 e. The van der Waals surface area contributed by atoms with Crippen molar-refractivity contribution in [2.45, 2.75) is 12.1 Å². The lowest BCUT2D eigenvalue weighted by molar-refractivity contribution is 0.0458. The number of nitrogens with one attached hydrogen (secondary N) is 1. The van der Waals surface area contributed by atoms with E-state index in [-0.39, 0.29) is 6.61 Å². The Labute approximate surface area is 66.8 Å². The van der Waals surface area contributed by atoms with Crippen LogP contribution in [0, 0.1) is 0 Å². The Balaban J connectivity index is 2.13. The highest BCUT2D eigenvalue weighted by molar-refractivity contribution is 4.83. The van der Waals surface area contributed by atoms with E-state index in [0.717, 1.165) is 13.1 Å². The molecule has 3 N–H and O–H groups in total. The number of rotatable bonds is 4. The molecule has 1 heterocycles. The first-order chi connectivity index (χ1) is 5.24. The van der Waals surface area contributed by atoms with E-state index in [9.17, 15) is 0 Å². The van der Waals surface area contributed by atoms with Crippen LogP contribution in [0.15, 0.2) is 0 Å². The van der Waals surface area contributed by atoms with Crippen LogP contribution < -0.4 is 5.32 Å². The van der Waals surface area contributed by atoms with Crippen LogP contribution in [0.1, 0.15) is 0 Å². The lowest BCUT2D eigenvalue weighted by Crippen LogP contribution is -2.57. The molecule has 0 spiro atoms. The monoisotopic (exact) mass is 160 g/mol. The van der Waals surface area contributed by atoms with E-state index >= 15 is 0 Å². The van der Waals surface area contributed by atoms with Gasteiger partial charge in [0.25, 0.3) is 0 Å². The van der Waals surface area contributed by atoms with Crippen molar-refractivity contribution in [2.75, 3.05) is 33.3 Å². The van der Waals surface area contributed by atoms with Crippen LogP contribution in [-0.2, 0) is 0 Å². The van der Waals surface area contributed by atoms with Crippen molar-refractivity contribution >= 4 is 0 Å². The molecule has 1 aliphatic heterocycles. The molecule has 4 heteroatoms. The molecule has 1 unspecified atom stereocenters. The van der Waals surface area contributed by atoms with Gasteiger partial charge in [0.15, 0.2) is 0 Å². The number of hydrogen-bond acceptors (Lipinski definition) is 4. The van der Waals surface area contributed by atoms with Crippen LogP contribution in [-0.4, -0.2) is 60.5 Å². The van der Waals surface area contributed by atoms with E-state index < -0.39 is 6.10 Å². The molecule has 0 aliphatic carbocycles. The van der Waals surface area contributed by atoms with Crippen LogP contribution in [0.2, 0.25) is 0 Å². The van der Waals surface area contributed by atoms with Crippen LogP contribution in [0.25, 0.3) is 0 Å². The zero-order chi connectivity index (χ0) is 8.27. The summed E-state index contributed by atoms with van der Waals surface area (Å²) in [7, 11) is 1.96. The van der Waals surface area contributed by atoms with E-state index in [4.69, 9.17) is 10.2 Å². The first kappa shape index (κ1) is 8.93. The molecule has 0 amide bonds. The van der Waals surface area contributed by atoms with Crippen LogP contribution >= 0.6 is 0 Å². The molecule has 0 radical (unpaired) electrons. The maximum Gasteiger partial charge on any atom is 0.0897 e. The minimum atomic E-state index is -0.597. The zero-order valence-corrected chi connectivity index (χ0v) is 6.82. The normalized spacial score (nSPS) is 21.8. The summed E-state index contributed by atoms with van der Waals surface area (Å²) in [6.45, 7) is 2.40. The van der Waals surface area contributed by atoms with Crippen molar-refractivity contribution in [3.63, 3.8) is 0 Å². The third-order valence-corrected chi connectivity index (χ3v) is 2.09. The number of nitrogens with zero attached hydrogens (tertiary/aromatic N) is 1. The summed E-state index contributed by atoms with van der Waals surface area (Å²) in [5.41, 5.74) is 0. The molecule has 66 valence electrons. The molecule has 0 aromatic rings. The summed E-state index contributed by atoms with van der Waals surface area (Å²) in [5, 5.41) is 20.8. The molecular formula is C7H16N2O2. The molecule has 0 saturated carbocycles. The van der Waals surface area contributed by atoms with Crippen molar-refractivity contribution in [3.8, 4) is 0 Å². The van der Waals surface area contributed by atoms with Crippen LogP contribution in [0.4, 0.5) is 0 Å². The summed E-state index contributed by atoms with van der Waals surface area (Å²) < 4.78 is 0. The second-order valence-electron chi connectivity index (χ2n) is 3.09. The molecule has 0 aromatic heterocycles. The molecule has 1 atom stereocenters. The van der Waals surface area contributed by atoms with Gasteiger partial charge in [0, 0.05) is 25.7 Å². The fraction of sp³-hybridized carbons (Fsp3) is 1.00. The van der Waals surface area contributed by atoms with Crippen molar-refractivity contribution < 1.29 is 10.2 Å². The van der Waals surface area contributed by atoms with Gasteiger partial charge in [-0.1, -0.05) is 0 Å². The first-order valence-corrected chi connectivity index (χ1v) is 3.94. The summed E-state index contributed by atoms with van der Waals surface area (Å²) in [5.74, 6) is 0. The van der Waals surface area contributed by atoms with E-state index in [1.807, 2.05) is 7.05 Å². The summed E-state index contributed by atoms with van der Waals surface area (Å²) >= 11 is 0. The lowest BCUT2D eigenvalue weighted by Gasteiger charge is -2.36. The number of likely N-dealkylation sites (N-methyl/N-ethyl adjacent to an activating group) is 1. The number of hydrogen-bond donors (Lipinski definition) is 3. The van der Waals surface area contributed by atoms with Gasteiger partial charge < -0.3 is 15.5 Å². The van der Waals surface area contributed by atoms with Gasteiger partial charge >= 0.3 is 0 Å². The fourth-order valence-electron chi connectivity index (χ4n) is 1.12. The predicted molar refractivity (Wildman–Crippen MR) is 42.4 cm³/mol. The molecule has 1 aliphatic rings. The van der Waals surface area contributed by atoms with Gasteiger partial charge in [-0.15, -0.1) is 0 Å². The predicted octanol–water partition coefficient (Wildman–Crippen LogP) is -1.76. The molecule has 0 bridgehead atoms. The topological polar surface area (TPSA) is 55.7 Å². The van der Waals surface area contributed by atoms with E-state index in [1.54, 1.807) is 0 Å². The molecule has 0 aromatic carbocycles. The van der Waals surface area contributed by atoms with Crippen LogP contribution in [0.5, 0.6) is 0 Å². The average molecular weight is 160 g/mol. The minimum Gasteiger partial charge on any atom is -0.394 e. The highest BCUT2D eigenvalue weighted by Crippen LogP contribution is 2.02. The molecule has 4 nitrogen and oxygen atoms in total. The largest absolute Gasteiger partial charge is 0.394 e. The average Bonchev–Trinajstić information content (AvgIpc) is 1.83. The Hall–Kier alpha value is -0.160. The molecule has 11 heavy (non-hydrogen) atoms. The molecule has 1 fully saturated rings. The summed E-state index contributed by atoms with van der Waals surface area (Å²) in [4.78, 5) is 2.07. The fourth-order valence-corrected chi connectivity index (χ4v) is 1.12. The second-order valence-corrected chi connectivity index (χ2v) is 3.09. The third-order valence-electron chi connectivity index (χ3n) is 2.09. The van der Waals surface area contributed by atoms with Gasteiger partial charge in [-0.25, -0.2) is 0 Å². The van der Waals surface area contributed by atoms with E-state index in [0.29, 0.717) is 12.6 Å². The maximum absolute atomic E-state index is 9.08. The van der Waals surface area contributed by atoms with Gasteiger partial charge in [-0.3, -0.25) is 4.90 Å².